The molecule has 3 rings (SSSR count). The van der Waals surface area contributed by atoms with Gasteiger partial charge in [0.25, 0.3) is 0 Å². The number of likely N-dealkylation sites (N-methyl/N-ethyl adjacent to an activating group) is 1. The molecule has 0 aliphatic carbocycles. The van der Waals surface area contributed by atoms with Gasteiger partial charge in [-0.15, -0.1) is 0 Å². The topological polar surface area (TPSA) is 31.9 Å². The Hall–Kier alpha value is -1.35. The van der Waals surface area contributed by atoms with E-state index in [0.29, 0.717) is 0 Å². The van der Waals surface area contributed by atoms with E-state index in [4.69, 9.17) is 0 Å². The third-order valence-corrected chi connectivity index (χ3v) is 4.13. The summed E-state index contributed by atoms with van der Waals surface area (Å²) in [7, 11) is 2.19. The lowest BCUT2D eigenvalue weighted by atomic mass is 9.87. The van der Waals surface area contributed by atoms with Gasteiger partial charge in [-0.3, -0.25) is 9.88 Å². The molecule has 0 unspecified atom stereocenters. The molecule has 0 atom stereocenters. The van der Waals surface area contributed by atoms with Crippen LogP contribution >= 0.6 is 0 Å². The summed E-state index contributed by atoms with van der Waals surface area (Å²) >= 11 is 0. The first-order chi connectivity index (χ1) is 7.99. The minimum Gasteiger partial charge on any atom is -0.357 e. The average molecular weight is 229 g/mol. The monoisotopic (exact) mass is 229 g/mol. The van der Waals surface area contributed by atoms with Crippen LogP contribution in [0.25, 0.3) is 10.9 Å². The van der Waals surface area contributed by atoms with Gasteiger partial charge in [-0.2, -0.15) is 0 Å². The molecule has 3 heteroatoms. The van der Waals surface area contributed by atoms with E-state index in [1.54, 1.807) is 0 Å². The van der Waals surface area contributed by atoms with E-state index in [2.05, 4.69) is 48.8 Å². The van der Waals surface area contributed by atoms with Crippen LogP contribution in [0.1, 0.15) is 30.8 Å². The van der Waals surface area contributed by atoms with Crippen LogP contribution in [0, 0.1) is 6.92 Å². The van der Waals surface area contributed by atoms with E-state index >= 15 is 0 Å². The number of aryl methyl sites for hydroxylation is 1. The quantitative estimate of drug-likeness (QED) is 0.753. The molecule has 17 heavy (non-hydrogen) atoms. The van der Waals surface area contributed by atoms with Crippen LogP contribution in [0.2, 0.25) is 0 Å². The molecule has 2 aromatic rings. The highest BCUT2D eigenvalue weighted by atomic mass is 15.2. The normalized spacial score (nSPS) is 19.5. The van der Waals surface area contributed by atoms with Gasteiger partial charge in [-0.05, 0) is 45.9 Å². The van der Waals surface area contributed by atoms with Crippen LogP contribution < -0.4 is 0 Å². The maximum Gasteiger partial charge on any atom is 0.0493 e. The number of H-pyrrole nitrogens is 1. The standard InChI is InChI=1S/C14H19N3/c1-9-13-10-7-14(2,3)17(4)8-12(10)16-11(13)5-6-15-9/h5-6,16H,7-8H2,1-4H3. The van der Waals surface area contributed by atoms with E-state index in [1.165, 1.54) is 22.2 Å². The fraction of sp³-hybridized carbons (Fsp3) is 0.500. The molecule has 0 fully saturated rings. The van der Waals surface area contributed by atoms with Crippen LogP contribution in [0.3, 0.4) is 0 Å². The zero-order valence-electron chi connectivity index (χ0n) is 11.0. The van der Waals surface area contributed by atoms with Gasteiger partial charge in [0.15, 0.2) is 0 Å². The largest absolute Gasteiger partial charge is 0.357 e. The van der Waals surface area contributed by atoms with Crippen molar-refractivity contribution in [3.63, 3.8) is 0 Å². The lowest BCUT2D eigenvalue weighted by Gasteiger charge is -2.39. The van der Waals surface area contributed by atoms with Crippen molar-refractivity contribution in [1.29, 1.82) is 0 Å². The van der Waals surface area contributed by atoms with Crippen molar-refractivity contribution in [2.24, 2.45) is 0 Å². The Kier molecular flexibility index (Phi) is 2.11. The molecule has 1 aliphatic rings. The molecule has 0 aromatic carbocycles. The van der Waals surface area contributed by atoms with Crippen molar-refractivity contribution in [2.45, 2.75) is 39.3 Å². The molecule has 3 heterocycles. The molecule has 90 valence electrons. The predicted molar refractivity (Wildman–Crippen MR) is 70.1 cm³/mol. The zero-order chi connectivity index (χ0) is 12.2. The number of fused-ring (bicyclic) bond motifs is 3. The van der Waals surface area contributed by atoms with Crippen molar-refractivity contribution < 1.29 is 0 Å². The molecule has 2 aromatic heterocycles. The number of hydrogen-bond acceptors (Lipinski definition) is 2. The van der Waals surface area contributed by atoms with E-state index < -0.39 is 0 Å². The lowest BCUT2D eigenvalue weighted by Crippen LogP contribution is -2.45. The van der Waals surface area contributed by atoms with E-state index in [9.17, 15) is 0 Å². The lowest BCUT2D eigenvalue weighted by molar-refractivity contribution is 0.132. The first kappa shape index (κ1) is 10.8. The molecule has 3 nitrogen and oxygen atoms in total. The summed E-state index contributed by atoms with van der Waals surface area (Å²) in [4.78, 5) is 10.4. The Morgan fingerprint density at radius 2 is 2.18 bits per heavy atom. The van der Waals surface area contributed by atoms with Crippen molar-refractivity contribution in [2.75, 3.05) is 7.05 Å². The van der Waals surface area contributed by atoms with Crippen LogP contribution in [-0.2, 0) is 13.0 Å². The summed E-state index contributed by atoms with van der Waals surface area (Å²) < 4.78 is 0. The summed E-state index contributed by atoms with van der Waals surface area (Å²) in [5, 5.41) is 1.34. The Balaban J connectivity index is 2.26. The highest BCUT2D eigenvalue weighted by molar-refractivity contribution is 5.86. The highest BCUT2D eigenvalue weighted by Gasteiger charge is 2.32. The van der Waals surface area contributed by atoms with Gasteiger partial charge in [0.2, 0.25) is 0 Å². The Bertz CT molecular complexity index is 580. The Morgan fingerprint density at radius 1 is 1.41 bits per heavy atom. The highest BCUT2D eigenvalue weighted by Crippen LogP contribution is 2.34. The third-order valence-electron chi connectivity index (χ3n) is 4.13. The maximum absolute atomic E-state index is 4.42. The first-order valence-electron chi connectivity index (χ1n) is 6.15. The SMILES string of the molecule is Cc1nccc2[nH]c3c(c12)CC(C)(C)N(C)C3. The molecule has 0 bridgehead atoms. The van der Waals surface area contributed by atoms with Gasteiger partial charge in [-0.25, -0.2) is 0 Å². The molecule has 0 saturated carbocycles. The molecule has 0 saturated heterocycles. The van der Waals surface area contributed by atoms with Crippen LogP contribution in [0.5, 0.6) is 0 Å². The van der Waals surface area contributed by atoms with Gasteiger partial charge >= 0.3 is 0 Å². The van der Waals surface area contributed by atoms with Crippen molar-refractivity contribution in [1.82, 2.24) is 14.9 Å². The maximum atomic E-state index is 4.42. The summed E-state index contributed by atoms with van der Waals surface area (Å²) in [6.45, 7) is 7.71. The fourth-order valence-electron chi connectivity index (χ4n) is 2.79. The fourth-order valence-corrected chi connectivity index (χ4v) is 2.79. The zero-order valence-corrected chi connectivity index (χ0v) is 11.0. The minimum atomic E-state index is 0.227. The number of aromatic amines is 1. The second-order valence-corrected chi connectivity index (χ2v) is 5.75. The Morgan fingerprint density at radius 3 is 2.94 bits per heavy atom. The molecular weight excluding hydrogens is 210 g/mol. The molecule has 0 amide bonds. The molecule has 1 N–H and O–H groups in total. The van der Waals surface area contributed by atoms with Crippen molar-refractivity contribution >= 4 is 10.9 Å². The first-order valence-corrected chi connectivity index (χ1v) is 6.15. The number of hydrogen-bond donors (Lipinski definition) is 1. The second-order valence-electron chi connectivity index (χ2n) is 5.75. The number of rotatable bonds is 0. The minimum absolute atomic E-state index is 0.227. The molecule has 1 aliphatic heterocycles. The summed E-state index contributed by atoms with van der Waals surface area (Å²) in [6.07, 6.45) is 2.97. The van der Waals surface area contributed by atoms with Gasteiger partial charge in [0.05, 0.1) is 0 Å². The molecule has 0 radical (unpaired) electrons. The van der Waals surface area contributed by atoms with Gasteiger partial charge in [0, 0.05) is 40.6 Å². The van der Waals surface area contributed by atoms with Crippen LogP contribution in [0.15, 0.2) is 12.3 Å². The van der Waals surface area contributed by atoms with Crippen LogP contribution in [0.4, 0.5) is 0 Å². The number of nitrogens with zero attached hydrogens (tertiary/aromatic N) is 2. The van der Waals surface area contributed by atoms with Gasteiger partial charge < -0.3 is 4.98 Å². The number of nitrogens with one attached hydrogen (secondary N) is 1. The molecular formula is C14H19N3. The third kappa shape index (κ3) is 1.49. The van der Waals surface area contributed by atoms with Gasteiger partial charge in [0.1, 0.15) is 0 Å². The Labute approximate surface area is 102 Å². The second kappa shape index (κ2) is 3.33. The number of pyridine rings is 1. The van der Waals surface area contributed by atoms with Crippen LogP contribution in [-0.4, -0.2) is 27.5 Å². The predicted octanol–water partition coefficient (Wildman–Crippen LogP) is 2.64. The summed E-state index contributed by atoms with van der Waals surface area (Å²) in [5.41, 5.74) is 5.42. The van der Waals surface area contributed by atoms with Crippen molar-refractivity contribution in [3.8, 4) is 0 Å². The number of aromatic nitrogens is 2. The van der Waals surface area contributed by atoms with Crippen molar-refractivity contribution in [3.05, 3.63) is 29.2 Å². The summed E-state index contributed by atoms with van der Waals surface area (Å²) in [6, 6.07) is 2.08. The van der Waals surface area contributed by atoms with Gasteiger partial charge in [-0.1, -0.05) is 0 Å². The average Bonchev–Trinajstić information content (AvgIpc) is 2.57. The molecule has 0 spiro atoms. The summed E-state index contributed by atoms with van der Waals surface area (Å²) in [5.74, 6) is 0. The van der Waals surface area contributed by atoms with E-state index in [0.717, 1.165) is 18.7 Å². The van der Waals surface area contributed by atoms with E-state index in [1.807, 2.05) is 6.20 Å². The smallest absolute Gasteiger partial charge is 0.0493 e. The van der Waals surface area contributed by atoms with E-state index in [-0.39, 0.29) is 5.54 Å².